The number of amides is 1. The SMILES string of the molecule is COc1ccccc1CC(CNC(=O)C(C)(C)C)C(=O)O. The molecule has 0 aliphatic heterocycles. The van der Waals surface area contributed by atoms with Gasteiger partial charge in [-0.05, 0) is 18.1 Å². The Morgan fingerprint density at radius 3 is 2.43 bits per heavy atom. The van der Waals surface area contributed by atoms with Gasteiger partial charge in [0.1, 0.15) is 5.75 Å². The van der Waals surface area contributed by atoms with Crippen LogP contribution in [0.15, 0.2) is 24.3 Å². The maximum Gasteiger partial charge on any atom is 0.308 e. The van der Waals surface area contributed by atoms with Crippen LogP contribution in [0.25, 0.3) is 0 Å². The Labute approximate surface area is 125 Å². The van der Waals surface area contributed by atoms with E-state index >= 15 is 0 Å². The molecule has 1 rings (SSSR count). The monoisotopic (exact) mass is 293 g/mol. The highest BCUT2D eigenvalue weighted by molar-refractivity contribution is 5.82. The van der Waals surface area contributed by atoms with Gasteiger partial charge in [-0.25, -0.2) is 0 Å². The Bertz CT molecular complexity index is 505. The summed E-state index contributed by atoms with van der Waals surface area (Å²) in [5.74, 6) is -1.12. The van der Waals surface area contributed by atoms with Crippen LogP contribution in [0.1, 0.15) is 26.3 Å². The van der Waals surface area contributed by atoms with Crippen molar-refractivity contribution in [3.8, 4) is 5.75 Å². The van der Waals surface area contributed by atoms with Gasteiger partial charge in [0.15, 0.2) is 0 Å². The number of carboxylic acids is 1. The van der Waals surface area contributed by atoms with E-state index in [0.717, 1.165) is 5.56 Å². The topological polar surface area (TPSA) is 75.6 Å². The van der Waals surface area contributed by atoms with Crippen molar-refractivity contribution >= 4 is 11.9 Å². The maximum absolute atomic E-state index is 11.8. The molecule has 1 unspecified atom stereocenters. The Balaban J connectivity index is 2.75. The average molecular weight is 293 g/mol. The summed E-state index contributed by atoms with van der Waals surface area (Å²) in [4.78, 5) is 23.2. The van der Waals surface area contributed by atoms with Crippen LogP contribution in [0.2, 0.25) is 0 Å². The number of ether oxygens (including phenoxy) is 1. The molecule has 0 fully saturated rings. The predicted molar refractivity (Wildman–Crippen MR) is 80.3 cm³/mol. The summed E-state index contributed by atoms with van der Waals surface area (Å²) in [6, 6.07) is 7.30. The number of aliphatic carboxylic acids is 1. The predicted octanol–water partition coefficient (Wildman–Crippen LogP) is 2.10. The van der Waals surface area contributed by atoms with E-state index in [4.69, 9.17) is 4.74 Å². The first kappa shape index (κ1) is 17.0. The standard InChI is InChI=1S/C16H23NO4/c1-16(2,3)15(20)17-10-12(14(18)19)9-11-7-5-6-8-13(11)21-4/h5-8,12H,9-10H2,1-4H3,(H,17,20)(H,18,19). The van der Waals surface area contributed by atoms with Gasteiger partial charge >= 0.3 is 5.97 Å². The first-order chi connectivity index (χ1) is 9.75. The quantitative estimate of drug-likeness (QED) is 0.842. The van der Waals surface area contributed by atoms with Gasteiger partial charge in [0, 0.05) is 12.0 Å². The molecular weight excluding hydrogens is 270 g/mol. The Kier molecular flexibility index (Phi) is 5.76. The third-order valence-corrected chi connectivity index (χ3v) is 3.20. The van der Waals surface area contributed by atoms with E-state index in [9.17, 15) is 14.7 Å². The minimum atomic E-state index is -0.935. The molecule has 5 nitrogen and oxygen atoms in total. The van der Waals surface area contributed by atoms with Gasteiger partial charge in [-0.15, -0.1) is 0 Å². The number of para-hydroxylation sites is 1. The van der Waals surface area contributed by atoms with Gasteiger partial charge in [0.05, 0.1) is 13.0 Å². The molecule has 0 aromatic heterocycles. The second kappa shape index (κ2) is 7.11. The lowest BCUT2D eigenvalue weighted by Crippen LogP contribution is -2.40. The summed E-state index contributed by atoms with van der Waals surface area (Å²) in [7, 11) is 1.55. The maximum atomic E-state index is 11.8. The molecule has 5 heteroatoms. The van der Waals surface area contributed by atoms with Crippen molar-refractivity contribution in [1.82, 2.24) is 5.32 Å². The summed E-state index contributed by atoms with van der Waals surface area (Å²) < 4.78 is 5.23. The number of hydrogen-bond acceptors (Lipinski definition) is 3. The third-order valence-electron chi connectivity index (χ3n) is 3.20. The van der Waals surface area contributed by atoms with Crippen LogP contribution in [0.5, 0.6) is 5.75 Å². The Hall–Kier alpha value is -2.04. The number of hydrogen-bond donors (Lipinski definition) is 2. The molecule has 0 radical (unpaired) electrons. The number of carboxylic acid groups (broad SMARTS) is 1. The summed E-state index contributed by atoms with van der Waals surface area (Å²) in [5, 5.41) is 12.0. The molecule has 0 bridgehead atoms. The zero-order chi connectivity index (χ0) is 16.0. The van der Waals surface area contributed by atoms with Crippen molar-refractivity contribution in [3.63, 3.8) is 0 Å². The highest BCUT2D eigenvalue weighted by atomic mass is 16.5. The number of carbonyl (C=O) groups is 2. The smallest absolute Gasteiger partial charge is 0.308 e. The van der Waals surface area contributed by atoms with Gasteiger partial charge in [0.25, 0.3) is 0 Å². The molecule has 0 saturated heterocycles. The van der Waals surface area contributed by atoms with Crippen molar-refractivity contribution in [3.05, 3.63) is 29.8 Å². The van der Waals surface area contributed by atoms with Crippen LogP contribution in [-0.2, 0) is 16.0 Å². The summed E-state index contributed by atoms with van der Waals surface area (Å²) in [6.45, 7) is 5.47. The molecule has 1 aromatic carbocycles. The van der Waals surface area contributed by atoms with Gasteiger partial charge in [0.2, 0.25) is 5.91 Å². The van der Waals surface area contributed by atoms with Gasteiger partial charge < -0.3 is 15.2 Å². The first-order valence-electron chi connectivity index (χ1n) is 6.88. The normalized spacial score (nSPS) is 12.6. The minimum Gasteiger partial charge on any atom is -0.496 e. The lowest BCUT2D eigenvalue weighted by atomic mass is 9.94. The van der Waals surface area contributed by atoms with Crippen molar-refractivity contribution in [2.24, 2.45) is 11.3 Å². The molecule has 0 saturated carbocycles. The van der Waals surface area contributed by atoms with Crippen LogP contribution in [-0.4, -0.2) is 30.6 Å². The molecule has 1 aromatic rings. The Morgan fingerprint density at radius 2 is 1.90 bits per heavy atom. The molecule has 0 aliphatic carbocycles. The minimum absolute atomic E-state index is 0.101. The van der Waals surface area contributed by atoms with E-state index in [1.54, 1.807) is 33.9 Å². The van der Waals surface area contributed by atoms with Crippen LogP contribution in [0, 0.1) is 11.3 Å². The van der Waals surface area contributed by atoms with Crippen molar-refractivity contribution < 1.29 is 19.4 Å². The fourth-order valence-electron chi connectivity index (χ4n) is 1.86. The van der Waals surface area contributed by atoms with Gasteiger partial charge in [-0.1, -0.05) is 39.0 Å². The second-order valence-electron chi connectivity index (χ2n) is 6.01. The summed E-state index contributed by atoms with van der Waals surface area (Å²) in [5.41, 5.74) is 0.283. The number of carbonyl (C=O) groups excluding carboxylic acids is 1. The summed E-state index contributed by atoms with van der Waals surface area (Å²) >= 11 is 0. The fourth-order valence-corrected chi connectivity index (χ4v) is 1.86. The van der Waals surface area contributed by atoms with Crippen LogP contribution in [0.4, 0.5) is 0 Å². The second-order valence-corrected chi connectivity index (χ2v) is 6.01. The van der Waals surface area contributed by atoms with E-state index in [1.165, 1.54) is 0 Å². The number of methoxy groups -OCH3 is 1. The van der Waals surface area contributed by atoms with Crippen molar-refractivity contribution in [2.45, 2.75) is 27.2 Å². The van der Waals surface area contributed by atoms with Crippen LogP contribution < -0.4 is 10.1 Å². The van der Waals surface area contributed by atoms with Crippen molar-refractivity contribution in [2.75, 3.05) is 13.7 Å². The van der Waals surface area contributed by atoms with Gasteiger partial charge in [-0.2, -0.15) is 0 Å². The molecule has 0 aliphatic rings. The lowest BCUT2D eigenvalue weighted by Gasteiger charge is -2.20. The molecule has 1 amide bonds. The van der Waals surface area contributed by atoms with Gasteiger partial charge in [-0.3, -0.25) is 9.59 Å². The lowest BCUT2D eigenvalue weighted by molar-refractivity contribution is -0.141. The molecule has 1 atom stereocenters. The third kappa shape index (κ3) is 5.10. The van der Waals surface area contributed by atoms with E-state index < -0.39 is 17.3 Å². The van der Waals surface area contributed by atoms with E-state index in [-0.39, 0.29) is 12.5 Å². The van der Waals surface area contributed by atoms with E-state index in [0.29, 0.717) is 12.2 Å². The number of rotatable bonds is 6. The zero-order valence-electron chi connectivity index (χ0n) is 13.0. The molecular formula is C16H23NO4. The molecule has 21 heavy (non-hydrogen) atoms. The summed E-state index contributed by atoms with van der Waals surface area (Å²) in [6.07, 6.45) is 0.309. The van der Waals surface area contributed by atoms with E-state index in [1.807, 2.05) is 18.2 Å². The largest absolute Gasteiger partial charge is 0.496 e. The Morgan fingerprint density at radius 1 is 1.29 bits per heavy atom. The zero-order valence-corrected chi connectivity index (χ0v) is 13.0. The average Bonchev–Trinajstić information content (AvgIpc) is 2.42. The fraction of sp³-hybridized carbons (Fsp3) is 0.500. The molecule has 2 N–H and O–H groups in total. The highest BCUT2D eigenvalue weighted by Gasteiger charge is 2.25. The molecule has 116 valence electrons. The molecule has 0 heterocycles. The van der Waals surface area contributed by atoms with Crippen LogP contribution >= 0.6 is 0 Å². The highest BCUT2D eigenvalue weighted by Crippen LogP contribution is 2.21. The van der Waals surface area contributed by atoms with Crippen molar-refractivity contribution in [1.29, 1.82) is 0 Å². The molecule has 0 spiro atoms. The first-order valence-corrected chi connectivity index (χ1v) is 6.88. The number of benzene rings is 1. The number of nitrogens with one attached hydrogen (secondary N) is 1. The van der Waals surface area contributed by atoms with E-state index in [2.05, 4.69) is 5.32 Å². The van der Waals surface area contributed by atoms with Crippen LogP contribution in [0.3, 0.4) is 0 Å².